The normalized spacial score (nSPS) is 13.0. The third-order valence-electron chi connectivity index (χ3n) is 4.55. The smallest absolute Gasteiger partial charge is 0.327 e. The highest BCUT2D eigenvalue weighted by Crippen LogP contribution is 2.18. The van der Waals surface area contributed by atoms with Crippen molar-refractivity contribution in [1.29, 1.82) is 0 Å². The van der Waals surface area contributed by atoms with Crippen LogP contribution in [0.25, 0.3) is 10.9 Å². The van der Waals surface area contributed by atoms with E-state index in [2.05, 4.69) is 10.3 Å². The number of sulfone groups is 1. The Kier molecular flexibility index (Phi) is 7.01. The van der Waals surface area contributed by atoms with Gasteiger partial charge in [0.15, 0.2) is 9.84 Å². The highest BCUT2D eigenvalue weighted by molar-refractivity contribution is 7.92. The molecule has 2 aromatic rings. The lowest BCUT2D eigenvalue weighted by Crippen LogP contribution is -2.47. The van der Waals surface area contributed by atoms with E-state index >= 15 is 0 Å². The number of carboxylic acids is 1. The van der Waals surface area contributed by atoms with E-state index in [9.17, 15) is 23.1 Å². The number of carbonyl (C=O) groups is 2. The Morgan fingerprint density at radius 3 is 2.41 bits per heavy atom. The van der Waals surface area contributed by atoms with Crippen molar-refractivity contribution in [3.05, 3.63) is 36.0 Å². The summed E-state index contributed by atoms with van der Waals surface area (Å²) >= 11 is 0. The van der Waals surface area contributed by atoms with Gasteiger partial charge >= 0.3 is 5.97 Å². The van der Waals surface area contributed by atoms with Gasteiger partial charge in [-0.1, -0.05) is 32.8 Å². The second kappa shape index (κ2) is 9.03. The number of fused-ring (bicyclic) bond motifs is 1. The summed E-state index contributed by atoms with van der Waals surface area (Å²) in [7, 11) is -3.65. The number of aromatic nitrogens is 1. The number of amides is 1. The maximum absolute atomic E-state index is 12.7. The summed E-state index contributed by atoms with van der Waals surface area (Å²) in [5, 5.41) is 12.1. The van der Waals surface area contributed by atoms with Gasteiger partial charge < -0.3 is 15.4 Å². The van der Waals surface area contributed by atoms with E-state index in [1.165, 1.54) is 0 Å². The lowest BCUT2D eigenvalue weighted by Gasteiger charge is -2.20. The van der Waals surface area contributed by atoms with Crippen LogP contribution in [0.5, 0.6) is 0 Å². The summed E-state index contributed by atoms with van der Waals surface area (Å²) in [6.45, 7) is 3.79. The number of carboxylic acid groups (broad SMARTS) is 1. The largest absolute Gasteiger partial charge is 0.480 e. The Bertz CT molecular complexity index is 898. The predicted octanol–water partition coefficient (Wildman–Crippen LogP) is 2.73. The molecule has 1 unspecified atom stereocenters. The standard InChI is InChI=1S/C19H26N2O5S/c1-3-5-15(6-4-2)27(25,26)12-17(19(23)24)21-18(22)14-8-7-13-9-10-20-16(13)11-14/h7-11,15,17,20H,3-6,12H2,1-2H3,(H,21,22)(H,23,24). The van der Waals surface area contributed by atoms with Crippen LogP contribution in [0.15, 0.2) is 30.5 Å². The highest BCUT2D eigenvalue weighted by Gasteiger charge is 2.32. The van der Waals surface area contributed by atoms with Crippen molar-refractivity contribution in [2.75, 3.05) is 5.75 Å². The van der Waals surface area contributed by atoms with Gasteiger partial charge in [0.2, 0.25) is 0 Å². The van der Waals surface area contributed by atoms with Crippen LogP contribution in [0.2, 0.25) is 0 Å². The van der Waals surface area contributed by atoms with Gasteiger partial charge in [-0.15, -0.1) is 0 Å². The quantitative estimate of drug-likeness (QED) is 0.573. The Morgan fingerprint density at radius 1 is 1.15 bits per heavy atom. The second-order valence-corrected chi connectivity index (χ2v) is 9.00. The number of aromatic amines is 1. The van der Waals surface area contributed by atoms with Gasteiger partial charge in [0, 0.05) is 17.3 Å². The fourth-order valence-corrected chi connectivity index (χ4v) is 5.27. The molecule has 0 fully saturated rings. The van der Waals surface area contributed by atoms with E-state index in [4.69, 9.17) is 0 Å². The van der Waals surface area contributed by atoms with E-state index in [-0.39, 0.29) is 5.56 Å². The van der Waals surface area contributed by atoms with Gasteiger partial charge in [-0.2, -0.15) is 0 Å². The van der Waals surface area contributed by atoms with Crippen LogP contribution >= 0.6 is 0 Å². The minimum absolute atomic E-state index is 0.271. The van der Waals surface area contributed by atoms with E-state index in [0.29, 0.717) is 25.7 Å². The van der Waals surface area contributed by atoms with Crippen LogP contribution in [-0.2, 0) is 14.6 Å². The Morgan fingerprint density at radius 2 is 1.81 bits per heavy atom. The maximum atomic E-state index is 12.7. The van der Waals surface area contributed by atoms with Crippen LogP contribution in [0.3, 0.4) is 0 Å². The molecule has 0 saturated heterocycles. The van der Waals surface area contributed by atoms with Crippen molar-refractivity contribution >= 4 is 32.6 Å². The minimum atomic E-state index is -3.65. The van der Waals surface area contributed by atoms with Crippen LogP contribution in [-0.4, -0.2) is 47.4 Å². The first-order valence-corrected chi connectivity index (χ1v) is 10.8. The molecule has 0 bridgehead atoms. The Hall–Kier alpha value is -2.35. The van der Waals surface area contributed by atoms with E-state index in [1.807, 2.05) is 19.9 Å². The third kappa shape index (κ3) is 5.32. The Labute approximate surface area is 159 Å². The van der Waals surface area contributed by atoms with Gasteiger partial charge in [0.25, 0.3) is 5.91 Å². The number of carbonyl (C=O) groups excluding carboxylic acids is 1. The average molecular weight is 394 g/mol. The van der Waals surface area contributed by atoms with Crippen LogP contribution in [0.4, 0.5) is 0 Å². The first-order valence-electron chi connectivity index (χ1n) is 9.10. The third-order valence-corrected chi connectivity index (χ3v) is 6.83. The van der Waals surface area contributed by atoms with Gasteiger partial charge in [0.05, 0.1) is 11.0 Å². The fourth-order valence-electron chi connectivity index (χ4n) is 3.12. The molecule has 2 rings (SSSR count). The molecule has 0 aliphatic rings. The molecule has 1 atom stereocenters. The first kappa shape index (κ1) is 21.0. The average Bonchev–Trinajstić information content (AvgIpc) is 3.08. The van der Waals surface area contributed by atoms with E-state index in [1.54, 1.807) is 24.4 Å². The molecule has 8 heteroatoms. The molecule has 1 aromatic heterocycles. The summed E-state index contributed by atoms with van der Waals surface area (Å²) in [4.78, 5) is 27.0. The van der Waals surface area contributed by atoms with E-state index < -0.39 is 38.8 Å². The van der Waals surface area contributed by atoms with Gasteiger partial charge in [-0.25, -0.2) is 13.2 Å². The van der Waals surface area contributed by atoms with Crippen molar-refractivity contribution < 1.29 is 23.1 Å². The van der Waals surface area contributed by atoms with Crippen LogP contribution in [0, 0.1) is 0 Å². The minimum Gasteiger partial charge on any atom is -0.480 e. The number of nitrogens with one attached hydrogen (secondary N) is 2. The SMILES string of the molecule is CCCC(CCC)S(=O)(=O)CC(NC(=O)c1ccc2cc[nH]c2c1)C(=O)O. The lowest BCUT2D eigenvalue weighted by atomic mass is 10.1. The number of hydrogen-bond acceptors (Lipinski definition) is 4. The van der Waals surface area contributed by atoms with Crippen molar-refractivity contribution in [3.8, 4) is 0 Å². The van der Waals surface area contributed by atoms with Gasteiger partial charge in [0.1, 0.15) is 6.04 Å². The highest BCUT2D eigenvalue weighted by atomic mass is 32.2. The monoisotopic (exact) mass is 394 g/mol. The van der Waals surface area contributed by atoms with Crippen LogP contribution in [0.1, 0.15) is 49.9 Å². The fraction of sp³-hybridized carbons (Fsp3) is 0.474. The zero-order valence-corrected chi connectivity index (χ0v) is 16.4. The molecular weight excluding hydrogens is 368 g/mol. The van der Waals surface area contributed by atoms with E-state index in [0.717, 1.165) is 10.9 Å². The lowest BCUT2D eigenvalue weighted by molar-refractivity contribution is -0.138. The summed E-state index contributed by atoms with van der Waals surface area (Å²) in [6.07, 6.45) is 4.11. The molecule has 148 valence electrons. The topological polar surface area (TPSA) is 116 Å². The van der Waals surface area contributed by atoms with Crippen molar-refractivity contribution in [2.45, 2.75) is 50.8 Å². The molecule has 0 spiro atoms. The number of H-pyrrole nitrogens is 1. The van der Waals surface area contributed by atoms with Gasteiger partial charge in [-0.3, -0.25) is 4.79 Å². The van der Waals surface area contributed by atoms with Crippen molar-refractivity contribution in [1.82, 2.24) is 10.3 Å². The van der Waals surface area contributed by atoms with Crippen LogP contribution < -0.4 is 5.32 Å². The number of hydrogen-bond donors (Lipinski definition) is 3. The van der Waals surface area contributed by atoms with Gasteiger partial charge in [-0.05, 0) is 36.4 Å². The molecule has 1 heterocycles. The molecule has 1 aromatic carbocycles. The molecule has 1 amide bonds. The summed E-state index contributed by atoms with van der Waals surface area (Å²) < 4.78 is 25.3. The molecule has 3 N–H and O–H groups in total. The van der Waals surface area contributed by atoms with Crippen molar-refractivity contribution in [2.24, 2.45) is 0 Å². The summed E-state index contributed by atoms with van der Waals surface area (Å²) in [6, 6.07) is 5.29. The molecule has 7 nitrogen and oxygen atoms in total. The zero-order chi connectivity index (χ0) is 20.0. The Balaban J connectivity index is 2.16. The maximum Gasteiger partial charge on any atom is 0.327 e. The first-order chi connectivity index (χ1) is 12.8. The molecule has 0 radical (unpaired) electrons. The molecule has 0 aliphatic heterocycles. The summed E-state index contributed by atoms with van der Waals surface area (Å²) in [5.74, 6) is -2.58. The molecule has 0 aliphatic carbocycles. The molecule has 27 heavy (non-hydrogen) atoms. The molecular formula is C19H26N2O5S. The number of aliphatic carboxylic acids is 1. The summed E-state index contributed by atoms with van der Waals surface area (Å²) in [5.41, 5.74) is 1.01. The number of rotatable bonds is 10. The van der Waals surface area contributed by atoms with Crippen molar-refractivity contribution in [3.63, 3.8) is 0 Å². The molecule has 0 saturated carbocycles. The number of benzene rings is 1. The zero-order valence-electron chi connectivity index (χ0n) is 15.6. The predicted molar refractivity (Wildman–Crippen MR) is 105 cm³/mol. The second-order valence-electron chi connectivity index (χ2n) is 6.67.